The standard InChI is InChI=1S/C45H71NO6/c1-40(2,3)27-31(29-17-19-35(47)33(25-29)42(7,8)9)38(49)51-24-23-46-22-21-37(44(13,14)45(46,15)16)52-39(50)32(28-41(4,5)6)30-18-20-36(48)34(26-30)43(10,11)12/h17-20,25-26,31-32,37,47-48H,21-24,27-28H2,1-16H3. The molecule has 0 amide bonds. The Balaban J connectivity index is 1.77. The van der Waals surface area contributed by atoms with E-state index in [1.54, 1.807) is 12.1 Å². The highest BCUT2D eigenvalue weighted by atomic mass is 16.5. The van der Waals surface area contributed by atoms with Crippen LogP contribution < -0.4 is 0 Å². The Morgan fingerprint density at radius 3 is 1.56 bits per heavy atom. The van der Waals surface area contributed by atoms with Crippen LogP contribution in [0.3, 0.4) is 0 Å². The molecule has 1 aliphatic heterocycles. The van der Waals surface area contributed by atoms with Gasteiger partial charge in [0.1, 0.15) is 24.2 Å². The lowest BCUT2D eigenvalue weighted by Gasteiger charge is -2.56. The molecule has 1 saturated heterocycles. The van der Waals surface area contributed by atoms with E-state index in [4.69, 9.17) is 9.47 Å². The summed E-state index contributed by atoms with van der Waals surface area (Å²) in [6.45, 7) is 35.3. The van der Waals surface area contributed by atoms with Crippen LogP contribution in [0.4, 0.5) is 0 Å². The minimum atomic E-state index is -0.466. The second-order valence-corrected chi connectivity index (χ2v) is 20.8. The molecule has 1 aliphatic rings. The first-order valence-corrected chi connectivity index (χ1v) is 19.2. The van der Waals surface area contributed by atoms with Crippen molar-refractivity contribution in [3.63, 3.8) is 0 Å². The molecule has 0 bridgehead atoms. The highest BCUT2D eigenvalue weighted by Crippen LogP contribution is 2.46. The number of esters is 2. The number of phenolic OH excluding ortho intramolecular Hbond substituents is 2. The molecule has 7 heteroatoms. The summed E-state index contributed by atoms with van der Waals surface area (Å²) in [5.74, 6) is -0.935. The van der Waals surface area contributed by atoms with Crippen molar-refractivity contribution in [3.05, 3.63) is 58.7 Å². The fourth-order valence-corrected chi connectivity index (χ4v) is 7.53. The molecule has 3 unspecified atom stereocenters. The van der Waals surface area contributed by atoms with Crippen LogP contribution in [0.1, 0.15) is 164 Å². The molecular weight excluding hydrogens is 650 g/mol. The number of benzene rings is 2. The van der Waals surface area contributed by atoms with E-state index in [0.717, 1.165) is 22.3 Å². The first-order chi connectivity index (χ1) is 23.5. The number of rotatable bonds is 10. The second-order valence-electron chi connectivity index (χ2n) is 20.8. The summed E-state index contributed by atoms with van der Waals surface area (Å²) in [5, 5.41) is 21.2. The van der Waals surface area contributed by atoms with Gasteiger partial charge in [0.15, 0.2) is 0 Å². The molecule has 1 heterocycles. The van der Waals surface area contributed by atoms with Gasteiger partial charge in [-0.3, -0.25) is 14.5 Å². The smallest absolute Gasteiger partial charge is 0.313 e. The maximum absolute atomic E-state index is 14.2. The van der Waals surface area contributed by atoms with Gasteiger partial charge in [0.2, 0.25) is 0 Å². The van der Waals surface area contributed by atoms with Crippen molar-refractivity contribution >= 4 is 11.9 Å². The van der Waals surface area contributed by atoms with Crippen LogP contribution in [-0.2, 0) is 29.9 Å². The van der Waals surface area contributed by atoms with Crippen LogP contribution in [0.25, 0.3) is 0 Å². The van der Waals surface area contributed by atoms with E-state index >= 15 is 0 Å². The number of ether oxygens (including phenoxy) is 2. The maximum atomic E-state index is 14.2. The summed E-state index contributed by atoms with van der Waals surface area (Å²) in [6.07, 6.45) is 1.59. The third-order valence-electron chi connectivity index (χ3n) is 11.4. The lowest BCUT2D eigenvalue weighted by molar-refractivity contribution is -0.177. The third-order valence-corrected chi connectivity index (χ3v) is 11.4. The molecule has 0 radical (unpaired) electrons. The van der Waals surface area contributed by atoms with Gasteiger partial charge in [0.05, 0.1) is 11.8 Å². The number of hydrogen-bond acceptors (Lipinski definition) is 7. The van der Waals surface area contributed by atoms with Crippen LogP contribution in [0.2, 0.25) is 0 Å². The number of aromatic hydroxyl groups is 2. The molecule has 7 nitrogen and oxygen atoms in total. The number of likely N-dealkylation sites (tertiary alicyclic amines) is 1. The zero-order chi connectivity index (χ0) is 39.8. The quantitative estimate of drug-likeness (QED) is 0.236. The van der Waals surface area contributed by atoms with Gasteiger partial charge in [-0.15, -0.1) is 0 Å². The lowest BCUT2D eigenvalue weighted by Crippen LogP contribution is -2.64. The predicted octanol–water partition coefficient (Wildman–Crippen LogP) is 10.4. The van der Waals surface area contributed by atoms with Crippen molar-refractivity contribution in [2.75, 3.05) is 19.7 Å². The van der Waals surface area contributed by atoms with Crippen LogP contribution in [-0.4, -0.2) is 58.4 Å². The summed E-state index contributed by atoms with van der Waals surface area (Å²) in [5.41, 5.74) is 1.78. The Morgan fingerprint density at radius 2 is 1.15 bits per heavy atom. The van der Waals surface area contributed by atoms with E-state index < -0.39 is 17.3 Å². The fraction of sp³-hybridized carbons (Fsp3) is 0.689. The number of piperidine rings is 1. The molecule has 1 fully saturated rings. The molecule has 2 N–H and O–H groups in total. The number of phenols is 2. The topological polar surface area (TPSA) is 96.3 Å². The van der Waals surface area contributed by atoms with Gasteiger partial charge in [0.25, 0.3) is 0 Å². The monoisotopic (exact) mass is 722 g/mol. The molecule has 0 aromatic heterocycles. The van der Waals surface area contributed by atoms with Crippen molar-refractivity contribution in [1.82, 2.24) is 4.90 Å². The largest absolute Gasteiger partial charge is 0.508 e. The Kier molecular flexibility index (Phi) is 12.8. The summed E-state index contributed by atoms with van der Waals surface area (Å²) < 4.78 is 12.5. The van der Waals surface area contributed by atoms with E-state index in [1.165, 1.54) is 0 Å². The predicted molar refractivity (Wildman–Crippen MR) is 212 cm³/mol. The summed E-state index contributed by atoms with van der Waals surface area (Å²) in [4.78, 5) is 30.3. The van der Waals surface area contributed by atoms with Crippen molar-refractivity contribution in [1.29, 1.82) is 0 Å². The van der Waals surface area contributed by atoms with Gasteiger partial charge < -0.3 is 19.7 Å². The van der Waals surface area contributed by atoms with E-state index in [0.29, 0.717) is 32.4 Å². The van der Waals surface area contributed by atoms with Gasteiger partial charge in [-0.1, -0.05) is 121 Å². The highest BCUT2D eigenvalue weighted by molar-refractivity contribution is 5.79. The van der Waals surface area contributed by atoms with Gasteiger partial charge in [-0.2, -0.15) is 0 Å². The molecule has 3 rings (SSSR count). The van der Waals surface area contributed by atoms with E-state index in [-0.39, 0.29) is 63.3 Å². The average molecular weight is 722 g/mol. The van der Waals surface area contributed by atoms with Crippen molar-refractivity contribution in [3.8, 4) is 11.5 Å². The Bertz CT molecular complexity index is 1560. The number of carbonyl (C=O) groups excluding carboxylic acids is 2. The van der Waals surface area contributed by atoms with Crippen molar-refractivity contribution < 1.29 is 29.3 Å². The van der Waals surface area contributed by atoms with Gasteiger partial charge in [0, 0.05) is 24.0 Å². The third kappa shape index (κ3) is 10.5. The van der Waals surface area contributed by atoms with Crippen LogP contribution in [0.15, 0.2) is 36.4 Å². The number of nitrogens with zero attached hydrogens (tertiary/aromatic N) is 1. The SMILES string of the molecule is CC(C)(C)CC(C(=O)OCCN1CCC(OC(=O)C(CC(C)(C)C)c2ccc(O)c(C(C)(C)C)c2)C(C)(C)C1(C)C)c1ccc(O)c(C(C)(C)C)c1. The van der Waals surface area contributed by atoms with E-state index in [9.17, 15) is 19.8 Å². The average Bonchev–Trinajstić information content (AvgIpc) is 2.97. The van der Waals surface area contributed by atoms with Crippen molar-refractivity contribution in [2.45, 2.75) is 164 Å². The van der Waals surface area contributed by atoms with Crippen LogP contribution in [0, 0.1) is 16.2 Å². The number of hydrogen-bond donors (Lipinski definition) is 2. The Labute approximate surface area is 315 Å². The molecule has 0 aliphatic carbocycles. The van der Waals surface area contributed by atoms with Crippen LogP contribution in [0.5, 0.6) is 11.5 Å². The maximum Gasteiger partial charge on any atom is 0.313 e. The molecular formula is C45H71NO6. The zero-order valence-electron chi connectivity index (χ0n) is 35.4. The Hall–Kier alpha value is -3.06. The first-order valence-electron chi connectivity index (χ1n) is 19.2. The van der Waals surface area contributed by atoms with Crippen molar-refractivity contribution in [2.24, 2.45) is 16.2 Å². The van der Waals surface area contributed by atoms with Crippen LogP contribution >= 0.6 is 0 Å². The normalized spacial score (nSPS) is 19.5. The fourth-order valence-electron chi connectivity index (χ4n) is 7.53. The zero-order valence-corrected chi connectivity index (χ0v) is 35.4. The highest BCUT2D eigenvalue weighted by Gasteiger charge is 2.52. The molecule has 2 aromatic carbocycles. The summed E-state index contributed by atoms with van der Waals surface area (Å²) in [7, 11) is 0. The molecule has 0 saturated carbocycles. The molecule has 3 atom stereocenters. The first kappa shape index (κ1) is 43.3. The number of carbonyl (C=O) groups is 2. The molecule has 52 heavy (non-hydrogen) atoms. The summed E-state index contributed by atoms with van der Waals surface area (Å²) >= 11 is 0. The van der Waals surface area contributed by atoms with Gasteiger partial charge in [-0.05, 0) is 89.2 Å². The minimum Gasteiger partial charge on any atom is -0.508 e. The van der Waals surface area contributed by atoms with Gasteiger partial charge >= 0.3 is 11.9 Å². The second kappa shape index (κ2) is 15.4. The molecule has 0 spiro atoms. The van der Waals surface area contributed by atoms with E-state index in [2.05, 4.69) is 116 Å². The Morgan fingerprint density at radius 1 is 0.731 bits per heavy atom. The van der Waals surface area contributed by atoms with E-state index in [1.807, 2.05) is 24.3 Å². The molecule has 292 valence electrons. The minimum absolute atomic E-state index is 0.113. The lowest BCUT2D eigenvalue weighted by atomic mass is 9.66. The molecule has 2 aromatic rings. The summed E-state index contributed by atoms with van der Waals surface area (Å²) in [6, 6.07) is 11.0. The van der Waals surface area contributed by atoms with Gasteiger partial charge in [-0.25, -0.2) is 0 Å².